The summed E-state index contributed by atoms with van der Waals surface area (Å²) in [4.78, 5) is 64.0. The number of morpholine rings is 2. The van der Waals surface area contributed by atoms with Crippen LogP contribution < -0.4 is 20.0 Å². The number of nitrogens with zero attached hydrogens (tertiary/aromatic N) is 15. The number of carbonyl (C=O) groups excluding carboxylic acids is 1. The number of hydrogen-bond acceptors (Lipinski definition) is 19. The van der Waals surface area contributed by atoms with E-state index in [1.807, 2.05) is 9.13 Å². The van der Waals surface area contributed by atoms with Crippen molar-refractivity contribution in [3.05, 3.63) is 35.4 Å². The average Bonchev–Trinajstić information content (AvgIpc) is 4.18. The van der Waals surface area contributed by atoms with Crippen LogP contribution in [-0.4, -0.2) is 164 Å². The Kier molecular flexibility index (Phi) is 14.1. The number of aromatic nitrogens is 12. The van der Waals surface area contributed by atoms with Gasteiger partial charge >= 0.3 is 6.09 Å². The molecule has 2 atom stereocenters. The molecule has 67 heavy (non-hydrogen) atoms. The molecule has 356 valence electrons. The summed E-state index contributed by atoms with van der Waals surface area (Å²) in [5, 5.41) is 3.71. The fraction of sp³-hybridized carbons (Fsp3) is 0.558. The molecule has 10 heterocycles. The Morgan fingerprint density at radius 2 is 1.13 bits per heavy atom. The third-order valence-corrected chi connectivity index (χ3v) is 12.2. The Morgan fingerprint density at radius 3 is 1.54 bits per heavy atom. The van der Waals surface area contributed by atoms with Crippen LogP contribution in [0, 0.1) is 11.8 Å². The minimum Gasteiger partial charge on any atom is -0.443 e. The van der Waals surface area contributed by atoms with Crippen molar-refractivity contribution in [2.45, 2.75) is 52.3 Å². The first kappa shape index (κ1) is 46.5. The highest BCUT2D eigenvalue weighted by molar-refractivity contribution is 6.29. The maximum absolute atomic E-state index is 12.4. The fourth-order valence-electron chi connectivity index (χ4n) is 8.06. The lowest BCUT2D eigenvalue weighted by Crippen LogP contribution is -2.37. The highest BCUT2D eigenvalue weighted by Crippen LogP contribution is 2.33. The number of anilines is 4. The van der Waals surface area contributed by atoms with Gasteiger partial charge in [-0.05, 0) is 56.8 Å². The first-order chi connectivity index (χ1) is 32.4. The summed E-state index contributed by atoms with van der Waals surface area (Å²) in [6.07, 6.45) is 8.06. The van der Waals surface area contributed by atoms with Crippen molar-refractivity contribution < 1.29 is 28.5 Å². The molecule has 6 aromatic rings. The van der Waals surface area contributed by atoms with Crippen LogP contribution in [0.3, 0.4) is 0 Å². The molecule has 22 nitrogen and oxygen atoms in total. The molecule has 10 rings (SSSR count). The molecule has 1 amide bonds. The molecule has 4 aliphatic heterocycles. The van der Waals surface area contributed by atoms with Crippen LogP contribution in [0.1, 0.15) is 33.6 Å². The Bertz CT molecular complexity index is 2660. The second kappa shape index (κ2) is 20.3. The monoisotopic (exact) mass is 960 g/mol. The van der Waals surface area contributed by atoms with Crippen LogP contribution in [0.4, 0.5) is 28.3 Å². The molecule has 0 aromatic carbocycles. The van der Waals surface area contributed by atoms with Gasteiger partial charge in [0.25, 0.3) is 0 Å². The number of imidazole rings is 2. The van der Waals surface area contributed by atoms with Gasteiger partial charge in [0, 0.05) is 103 Å². The van der Waals surface area contributed by atoms with Crippen LogP contribution in [0.25, 0.3) is 45.1 Å². The van der Waals surface area contributed by atoms with Crippen LogP contribution in [0.15, 0.2) is 24.8 Å². The first-order valence-electron chi connectivity index (χ1n) is 22.4. The summed E-state index contributed by atoms with van der Waals surface area (Å²) in [6.45, 7) is 15.1. The highest BCUT2D eigenvalue weighted by Gasteiger charge is 2.28. The number of rotatable bonds is 10. The second-order valence-electron chi connectivity index (χ2n) is 17.6. The molecule has 0 spiro atoms. The molecule has 4 fully saturated rings. The standard InChI is InChI=1S/C24H31ClN8O4.C19H23ClN8O2/c1-24(2,3)37-23(34)31(4)22-26-11-16(12-27-22)18-29-19(32-6-9-35-10-7-32)17-20(30-18)33(21(25)28-17)13-15-5-8-36-14-15;1-21-19-22-8-13(9-23-19)15-25-16(27-3-6-29-7-4-27)14-17(26-15)28(18(20)24-14)10-12-2-5-30-11-12/h11-12,15H,5-10,13-14H2,1-4H3;8-9,12H,2-7,10-11H2,1H3,(H,21,22,23). The summed E-state index contributed by atoms with van der Waals surface area (Å²) in [6, 6.07) is 0. The van der Waals surface area contributed by atoms with Crippen LogP contribution in [0.5, 0.6) is 0 Å². The van der Waals surface area contributed by atoms with E-state index in [0.717, 1.165) is 62.8 Å². The van der Waals surface area contributed by atoms with E-state index in [2.05, 4.69) is 45.0 Å². The Morgan fingerprint density at radius 1 is 0.687 bits per heavy atom. The summed E-state index contributed by atoms with van der Waals surface area (Å²) >= 11 is 13.2. The summed E-state index contributed by atoms with van der Waals surface area (Å²) in [5.41, 5.74) is 3.44. The summed E-state index contributed by atoms with van der Waals surface area (Å²) < 4.78 is 31.4. The predicted octanol–water partition coefficient (Wildman–Crippen LogP) is 5.03. The molecule has 0 radical (unpaired) electrons. The van der Waals surface area contributed by atoms with E-state index in [4.69, 9.17) is 66.8 Å². The zero-order valence-corrected chi connectivity index (χ0v) is 39.7. The molecular weight excluding hydrogens is 907 g/mol. The molecule has 1 N–H and O–H groups in total. The van der Waals surface area contributed by atoms with E-state index in [1.54, 1.807) is 59.7 Å². The van der Waals surface area contributed by atoms with E-state index in [1.165, 1.54) is 4.90 Å². The van der Waals surface area contributed by atoms with Gasteiger partial charge in [-0.1, -0.05) is 0 Å². The van der Waals surface area contributed by atoms with Crippen molar-refractivity contribution in [3.63, 3.8) is 0 Å². The molecule has 0 aliphatic carbocycles. The van der Waals surface area contributed by atoms with Crippen LogP contribution in [0.2, 0.25) is 10.6 Å². The van der Waals surface area contributed by atoms with Gasteiger partial charge in [-0.3, -0.25) is 9.13 Å². The largest absolute Gasteiger partial charge is 0.443 e. The van der Waals surface area contributed by atoms with E-state index < -0.39 is 11.7 Å². The highest BCUT2D eigenvalue weighted by atomic mass is 35.5. The Balaban J connectivity index is 0.000000171. The van der Waals surface area contributed by atoms with Crippen molar-refractivity contribution in [2.75, 3.05) is 113 Å². The molecule has 0 bridgehead atoms. The maximum atomic E-state index is 12.4. The van der Waals surface area contributed by atoms with Gasteiger partial charge in [0.05, 0.1) is 50.8 Å². The van der Waals surface area contributed by atoms with Gasteiger partial charge in [0.2, 0.25) is 22.5 Å². The third kappa shape index (κ3) is 10.6. The van der Waals surface area contributed by atoms with Crippen molar-refractivity contribution in [1.29, 1.82) is 0 Å². The third-order valence-electron chi connectivity index (χ3n) is 11.6. The fourth-order valence-corrected chi connectivity index (χ4v) is 8.53. The van der Waals surface area contributed by atoms with Crippen molar-refractivity contribution in [3.8, 4) is 22.8 Å². The summed E-state index contributed by atoms with van der Waals surface area (Å²) in [7, 11) is 3.34. The van der Waals surface area contributed by atoms with Crippen molar-refractivity contribution >= 4 is 75.2 Å². The van der Waals surface area contributed by atoms with Crippen molar-refractivity contribution in [1.82, 2.24) is 59.0 Å². The topological polar surface area (TPSA) is 224 Å². The van der Waals surface area contributed by atoms with Gasteiger partial charge in [-0.15, -0.1) is 0 Å². The minimum atomic E-state index is -0.626. The number of nitrogens with one attached hydrogen (secondary N) is 1. The summed E-state index contributed by atoms with van der Waals surface area (Å²) in [5.74, 6) is 3.94. The lowest BCUT2D eigenvalue weighted by atomic mass is 10.1. The van der Waals surface area contributed by atoms with E-state index in [9.17, 15) is 4.79 Å². The maximum Gasteiger partial charge on any atom is 0.416 e. The van der Waals surface area contributed by atoms with E-state index in [0.29, 0.717) is 127 Å². The minimum absolute atomic E-state index is 0.210. The lowest BCUT2D eigenvalue weighted by Gasteiger charge is -2.28. The van der Waals surface area contributed by atoms with Gasteiger partial charge in [0.1, 0.15) is 5.60 Å². The molecule has 24 heteroatoms. The molecular formula is C43H54Cl2N16O6. The van der Waals surface area contributed by atoms with Crippen LogP contribution in [-0.2, 0) is 36.8 Å². The number of carbonyl (C=O) groups is 1. The van der Waals surface area contributed by atoms with Crippen LogP contribution >= 0.6 is 23.2 Å². The zero-order valence-electron chi connectivity index (χ0n) is 38.2. The van der Waals surface area contributed by atoms with Gasteiger partial charge < -0.3 is 38.8 Å². The normalized spacial score (nSPS) is 18.9. The predicted molar refractivity (Wildman–Crippen MR) is 251 cm³/mol. The molecule has 2 unspecified atom stereocenters. The SMILES string of the molecule is CN(C(=O)OC(C)(C)C)c1ncc(-c2nc(N3CCOCC3)c3nc(Cl)n(CC4CCOC4)c3n2)cn1.CNc1ncc(-c2nc(N3CCOCC3)c3nc(Cl)n(CC4CCOC4)c3n2)cn1. The first-order valence-corrected chi connectivity index (χ1v) is 23.2. The number of halogens is 2. The lowest BCUT2D eigenvalue weighted by molar-refractivity contribution is 0.0587. The number of ether oxygens (including phenoxy) is 5. The number of amides is 1. The zero-order chi connectivity index (χ0) is 46.7. The van der Waals surface area contributed by atoms with Crippen molar-refractivity contribution in [2.24, 2.45) is 11.8 Å². The van der Waals surface area contributed by atoms with Gasteiger partial charge in [-0.25, -0.2) is 59.5 Å². The molecule has 4 aliphatic rings. The quantitative estimate of drug-likeness (QED) is 0.178. The number of hydrogen-bond donors (Lipinski definition) is 1. The van der Waals surface area contributed by atoms with E-state index in [-0.39, 0.29) is 5.95 Å². The molecule has 6 aromatic heterocycles. The molecule has 4 saturated heterocycles. The Hall–Kier alpha value is -5.65. The van der Waals surface area contributed by atoms with Gasteiger partial charge in [0.15, 0.2) is 45.6 Å². The second-order valence-corrected chi connectivity index (χ2v) is 18.3. The molecule has 0 saturated carbocycles. The van der Waals surface area contributed by atoms with Gasteiger partial charge in [-0.2, -0.15) is 0 Å². The number of fused-ring (bicyclic) bond motifs is 2. The average molecular weight is 962 g/mol. The smallest absolute Gasteiger partial charge is 0.416 e. The van der Waals surface area contributed by atoms with E-state index >= 15 is 0 Å². The Labute approximate surface area is 396 Å².